The molecule has 0 aliphatic heterocycles. The number of rotatable bonds is 5. The molecule has 0 unspecified atom stereocenters. The maximum atomic E-state index is 11.6. The number of nitrogens with zero attached hydrogens (tertiary/aromatic N) is 2. The Morgan fingerprint density at radius 3 is 2.81 bits per heavy atom. The maximum Gasteiger partial charge on any atom is 0.237 e. The molecule has 6 heteroatoms. The largest absolute Gasteiger partial charge is 0.347 e. The highest BCUT2D eigenvalue weighted by Crippen LogP contribution is 2.05. The fourth-order valence-electron chi connectivity index (χ4n) is 1.21. The molecule has 0 saturated heterocycles. The standard InChI is InChI=1S/C10H18N4O2/c1-4-6(2)9(11)10(15)12-5-8-13-7(3)16-14-8/h6,9H,4-5,11H2,1-3H3,(H,12,15)/t6-,9-/m0/s1. The minimum Gasteiger partial charge on any atom is -0.347 e. The van der Waals surface area contributed by atoms with Crippen molar-refractivity contribution < 1.29 is 9.32 Å². The molecule has 2 atom stereocenters. The average Bonchev–Trinajstić information content (AvgIpc) is 2.69. The van der Waals surface area contributed by atoms with E-state index < -0.39 is 6.04 Å². The number of nitrogens with two attached hydrogens (primary N) is 1. The third-order valence-electron chi connectivity index (χ3n) is 2.55. The Kier molecular flexibility index (Phi) is 4.42. The molecule has 0 spiro atoms. The van der Waals surface area contributed by atoms with Crippen LogP contribution in [0.3, 0.4) is 0 Å². The minimum absolute atomic E-state index is 0.159. The van der Waals surface area contributed by atoms with Crippen molar-refractivity contribution in [3.8, 4) is 0 Å². The summed E-state index contributed by atoms with van der Waals surface area (Å²) in [6, 6.07) is -0.488. The van der Waals surface area contributed by atoms with Crippen molar-refractivity contribution in [1.29, 1.82) is 0 Å². The third-order valence-corrected chi connectivity index (χ3v) is 2.55. The molecule has 1 amide bonds. The van der Waals surface area contributed by atoms with Crippen LogP contribution in [0.1, 0.15) is 32.0 Å². The van der Waals surface area contributed by atoms with Crippen LogP contribution in [0.15, 0.2) is 4.52 Å². The van der Waals surface area contributed by atoms with Gasteiger partial charge in [0.05, 0.1) is 12.6 Å². The summed E-state index contributed by atoms with van der Waals surface area (Å²) in [5.41, 5.74) is 5.76. The zero-order valence-electron chi connectivity index (χ0n) is 9.86. The molecule has 1 aromatic rings. The number of aryl methyl sites for hydroxylation is 1. The van der Waals surface area contributed by atoms with Crippen LogP contribution in [-0.2, 0) is 11.3 Å². The van der Waals surface area contributed by atoms with Crippen LogP contribution in [0.2, 0.25) is 0 Å². The first-order valence-corrected chi connectivity index (χ1v) is 5.37. The van der Waals surface area contributed by atoms with Crippen molar-refractivity contribution in [3.05, 3.63) is 11.7 Å². The molecule has 90 valence electrons. The predicted molar refractivity (Wildman–Crippen MR) is 58.3 cm³/mol. The molecule has 6 nitrogen and oxygen atoms in total. The van der Waals surface area contributed by atoms with Crippen molar-refractivity contribution in [2.24, 2.45) is 11.7 Å². The summed E-state index contributed by atoms with van der Waals surface area (Å²) >= 11 is 0. The fraction of sp³-hybridized carbons (Fsp3) is 0.700. The van der Waals surface area contributed by atoms with E-state index in [0.29, 0.717) is 11.7 Å². The molecule has 1 rings (SSSR count). The van der Waals surface area contributed by atoms with Gasteiger partial charge in [-0.1, -0.05) is 25.4 Å². The zero-order valence-corrected chi connectivity index (χ0v) is 9.86. The van der Waals surface area contributed by atoms with Gasteiger partial charge in [0.2, 0.25) is 11.8 Å². The summed E-state index contributed by atoms with van der Waals surface area (Å²) in [5.74, 6) is 0.918. The Balaban J connectivity index is 2.40. The first-order valence-electron chi connectivity index (χ1n) is 5.37. The van der Waals surface area contributed by atoms with E-state index in [2.05, 4.69) is 15.5 Å². The van der Waals surface area contributed by atoms with Gasteiger partial charge >= 0.3 is 0 Å². The topological polar surface area (TPSA) is 94.0 Å². The van der Waals surface area contributed by atoms with Crippen LogP contribution in [-0.4, -0.2) is 22.1 Å². The minimum atomic E-state index is -0.488. The summed E-state index contributed by atoms with van der Waals surface area (Å²) in [6.07, 6.45) is 0.871. The van der Waals surface area contributed by atoms with Crippen LogP contribution in [0.25, 0.3) is 0 Å². The van der Waals surface area contributed by atoms with Crippen LogP contribution in [0.4, 0.5) is 0 Å². The van der Waals surface area contributed by atoms with Crippen molar-refractivity contribution in [1.82, 2.24) is 15.5 Å². The van der Waals surface area contributed by atoms with Crippen molar-refractivity contribution in [2.75, 3.05) is 0 Å². The highest BCUT2D eigenvalue weighted by atomic mass is 16.5. The normalized spacial score (nSPS) is 14.5. The Morgan fingerprint density at radius 2 is 2.31 bits per heavy atom. The van der Waals surface area contributed by atoms with E-state index in [0.717, 1.165) is 6.42 Å². The molecule has 0 saturated carbocycles. The molecule has 0 bridgehead atoms. The van der Waals surface area contributed by atoms with Gasteiger partial charge < -0.3 is 15.6 Å². The maximum absolute atomic E-state index is 11.6. The lowest BCUT2D eigenvalue weighted by atomic mass is 9.99. The summed E-state index contributed by atoms with van der Waals surface area (Å²) < 4.78 is 4.78. The summed E-state index contributed by atoms with van der Waals surface area (Å²) in [7, 11) is 0. The zero-order chi connectivity index (χ0) is 12.1. The van der Waals surface area contributed by atoms with Crippen molar-refractivity contribution >= 4 is 5.91 Å². The molecule has 1 heterocycles. The number of hydrogen-bond donors (Lipinski definition) is 2. The summed E-state index contributed by atoms with van der Waals surface area (Å²) in [6.45, 7) is 5.90. The Morgan fingerprint density at radius 1 is 1.62 bits per heavy atom. The van der Waals surface area contributed by atoms with E-state index >= 15 is 0 Å². The van der Waals surface area contributed by atoms with E-state index in [9.17, 15) is 4.79 Å². The van der Waals surface area contributed by atoms with Gasteiger partial charge in [-0.05, 0) is 5.92 Å². The highest BCUT2D eigenvalue weighted by molar-refractivity contribution is 5.81. The molecule has 0 radical (unpaired) electrons. The second kappa shape index (κ2) is 5.60. The van der Waals surface area contributed by atoms with Gasteiger partial charge in [0.15, 0.2) is 5.82 Å². The van der Waals surface area contributed by atoms with Gasteiger partial charge in [-0.2, -0.15) is 4.98 Å². The quantitative estimate of drug-likeness (QED) is 0.756. The molecule has 0 aromatic carbocycles. The number of carbonyl (C=O) groups excluding carboxylic acids is 1. The average molecular weight is 226 g/mol. The van der Waals surface area contributed by atoms with Gasteiger partial charge in [0.25, 0.3) is 0 Å². The van der Waals surface area contributed by atoms with Crippen LogP contribution >= 0.6 is 0 Å². The Bertz CT molecular complexity index is 350. The molecular weight excluding hydrogens is 208 g/mol. The third kappa shape index (κ3) is 3.30. The SMILES string of the molecule is CC[C@H](C)[C@H](N)C(=O)NCc1noc(C)n1. The Hall–Kier alpha value is -1.43. The molecule has 3 N–H and O–H groups in total. The molecule has 16 heavy (non-hydrogen) atoms. The van der Waals surface area contributed by atoms with E-state index in [1.807, 2.05) is 13.8 Å². The number of hydrogen-bond acceptors (Lipinski definition) is 5. The first kappa shape index (κ1) is 12.6. The molecule has 0 fully saturated rings. The van der Waals surface area contributed by atoms with E-state index in [4.69, 9.17) is 10.3 Å². The first-order chi connectivity index (χ1) is 7.54. The van der Waals surface area contributed by atoms with Gasteiger partial charge in [-0.3, -0.25) is 4.79 Å². The van der Waals surface area contributed by atoms with E-state index in [1.54, 1.807) is 6.92 Å². The lowest BCUT2D eigenvalue weighted by molar-refractivity contribution is -0.123. The highest BCUT2D eigenvalue weighted by Gasteiger charge is 2.19. The van der Waals surface area contributed by atoms with E-state index in [-0.39, 0.29) is 18.4 Å². The molecular formula is C10H18N4O2. The van der Waals surface area contributed by atoms with Gasteiger partial charge in [0, 0.05) is 6.92 Å². The fourth-order valence-corrected chi connectivity index (χ4v) is 1.21. The molecule has 0 aliphatic carbocycles. The predicted octanol–water partition coefficient (Wildman–Crippen LogP) is 0.368. The Labute approximate surface area is 94.6 Å². The monoisotopic (exact) mass is 226 g/mol. The summed E-state index contributed by atoms with van der Waals surface area (Å²) in [4.78, 5) is 15.6. The van der Waals surface area contributed by atoms with Crippen molar-refractivity contribution in [2.45, 2.75) is 39.8 Å². The lowest BCUT2D eigenvalue weighted by Crippen LogP contribution is -2.44. The van der Waals surface area contributed by atoms with Gasteiger partial charge in [-0.15, -0.1) is 0 Å². The second-order valence-electron chi connectivity index (χ2n) is 3.86. The lowest BCUT2D eigenvalue weighted by Gasteiger charge is -2.16. The second-order valence-corrected chi connectivity index (χ2v) is 3.86. The van der Waals surface area contributed by atoms with Gasteiger partial charge in [-0.25, -0.2) is 0 Å². The number of aromatic nitrogens is 2. The number of nitrogens with one attached hydrogen (secondary N) is 1. The number of carbonyl (C=O) groups is 1. The van der Waals surface area contributed by atoms with Crippen molar-refractivity contribution in [3.63, 3.8) is 0 Å². The molecule has 1 aromatic heterocycles. The van der Waals surface area contributed by atoms with Crippen LogP contribution < -0.4 is 11.1 Å². The van der Waals surface area contributed by atoms with Crippen LogP contribution in [0.5, 0.6) is 0 Å². The molecule has 0 aliphatic rings. The smallest absolute Gasteiger partial charge is 0.237 e. The van der Waals surface area contributed by atoms with Crippen LogP contribution in [0, 0.1) is 12.8 Å². The van der Waals surface area contributed by atoms with Gasteiger partial charge in [0.1, 0.15) is 0 Å². The number of amides is 1. The van der Waals surface area contributed by atoms with E-state index in [1.165, 1.54) is 0 Å². The summed E-state index contributed by atoms with van der Waals surface area (Å²) in [5, 5.41) is 6.35.